The maximum absolute atomic E-state index is 9.55. The maximum Gasteiger partial charge on any atom is 0.328 e. The van der Waals surface area contributed by atoms with Gasteiger partial charge in [0.15, 0.2) is 0 Å². The van der Waals surface area contributed by atoms with Crippen molar-refractivity contribution in [3.05, 3.63) is 49.6 Å². The zero-order valence-electron chi connectivity index (χ0n) is 18.1. The van der Waals surface area contributed by atoms with Crippen LogP contribution in [-0.2, 0) is 28.8 Å². The quantitative estimate of drug-likeness (QED) is 0.140. The van der Waals surface area contributed by atoms with Gasteiger partial charge in [0.25, 0.3) is 0 Å². The van der Waals surface area contributed by atoms with E-state index in [1.54, 1.807) is 0 Å². The smallest absolute Gasteiger partial charge is 0.328 e. The van der Waals surface area contributed by atoms with E-state index < -0.39 is 67.7 Å². The van der Waals surface area contributed by atoms with Crippen LogP contribution in [-0.4, -0.2) is 113 Å². The highest BCUT2D eigenvalue weighted by molar-refractivity contribution is 5.90. The topological polar surface area (TPSA) is 305 Å². The average Bonchev–Trinajstić information content (AvgIpc) is 2.80. The third-order valence-electron chi connectivity index (χ3n) is 2.43. The van der Waals surface area contributed by atoms with E-state index in [9.17, 15) is 28.8 Å². The molecule has 0 unspecified atom stereocenters. The molecule has 16 nitrogen and oxygen atoms in total. The molecule has 0 saturated heterocycles. The third kappa shape index (κ3) is 48.3. The summed E-state index contributed by atoms with van der Waals surface area (Å²) in [4.78, 5) is 56.7. The third-order valence-corrected chi connectivity index (χ3v) is 2.43. The normalized spacial score (nSPS) is 9.26. The summed E-state index contributed by atoms with van der Waals surface area (Å²) < 4.78 is 0. The molecule has 0 saturated carbocycles. The zero-order chi connectivity index (χ0) is 29.0. The van der Waals surface area contributed by atoms with Crippen molar-refractivity contribution in [2.24, 2.45) is 5.41 Å². The predicted octanol–water partition coefficient (Wildman–Crippen LogP) is -2.12. The minimum Gasteiger partial charge on any atom is -0.478 e. The molecule has 0 spiro atoms. The monoisotopic (exact) mass is 512 g/mol. The first-order valence-electron chi connectivity index (χ1n) is 8.46. The number of carbonyl (C=O) groups is 6. The van der Waals surface area contributed by atoms with Crippen LogP contribution in [0.5, 0.6) is 0 Å². The number of hydrogen-bond donors (Lipinski definition) is 10. The average molecular weight is 512 g/mol. The Morgan fingerprint density at radius 2 is 0.600 bits per heavy atom. The van der Waals surface area contributed by atoms with Gasteiger partial charge in [-0.3, -0.25) is 0 Å². The number of carboxylic acids is 6. The Labute approximate surface area is 197 Å². The van der Waals surface area contributed by atoms with Crippen molar-refractivity contribution in [2.45, 2.75) is 0 Å². The van der Waals surface area contributed by atoms with Crippen molar-refractivity contribution < 1.29 is 79.8 Å². The Morgan fingerprint density at radius 3 is 0.629 bits per heavy atom. The van der Waals surface area contributed by atoms with Gasteiger partial charge in [0.1, 0.15) is 0 Å². The van der Waals surface area contributed by atoms with Gasteiger partial charge in [-0.05, 0) is 0 Å². The molecule has 0 bridgehead atoms. The van der Waals surface area contributed by atoms with E-state index in [2.05, 4.69) is 13.2 Å². The van der Waals surface area contributed by atoms with Crippen LogP contribution in [0.2, 0.25) is 0 Å². The van der Waals surface area contributed by atoms with Crippen LogP contribution in [0.3, 0.4) is 0 Å². The second-order valence-electron chi connectivity index (χ2n) is 5.24. The Bertz CT molecular complexity index is 630. The second kappa shape index (κ2) is 27.7. The van der Waals surface area contributed by atoms with Crippen LogP contribution in [0.15, 0.2) is 49.6 Å². The molecule has 0 radical (unpaired) electrons. The first-order chi connectivity index (χ1) is 16.0. The molecule has 0 aliphatic carbocycles. The Hall–Kier alpha value is -4.38. The fraction of sp³-hybridized carbons (Fsp3) is 0.263. The standard InChI is InChI=1S/C5H12O4.2C4H4O4.2C3H4O2/c6-1-5(2-7,3-8)4-9;2*5-3(6)1-2-4(7)8;2*1-2-3(4)5/h6-9H,1-4H2;2*1-2H,(H,5,6)(H,7,8);2*2H,1H2,(H,4,5)/b;2-1+;2-1-;;. The van der Waals surface area contributed by atoms with Gasteiger partial charge < -0.3 is 51.1 Å². The predicted molar refractivity (Wildman–Crippen MR) is 115 cm³/mol. The number of aliphatic hydroxyl groups excluding tert-OH is 4. The van der Waals surface area contributed by atoms with E-state index in [0.717, 1.165) is 12.2 Å². The van der Waals surface area contributed by atoms with Gasteiger partial charge in [0.2, 0.25) is 0 Å². The number of aliphatic hydroxyl groups is 4. The van der Waals surface area contributed by atoms with Crippen LogP contribution < -0.4 is 0 Å². The van der Waals surface area contributed by atoms with Gasteiger partial charge in [-0.1, -0.05) is 13.2 Å². The Kier molecular flexibility index (Phi) is 32.3. The minimum atomic E-state index is -1.26. The molecule has 200 valence electrons. The summed E-state index contributed by atoms with van der Waals surface area (Å²) in [6, 6.07) is 0. The summed E-state index contributed by atoms with van der Waals surface area (Å²) in [5.41, 5.74) is -1.11. The fourth-order valence-corrected chi connectivity index (χ4v) is 0.585. The molecule has 0 aromatic carbocycles. The molecule has 35 heavy (non-hydrogen) atoms. The number of hydrogen-bond acceptors (Lipinski definition) is 10. The van der Waals surface area contributed by atoms with Crippen LogP contribution in [0.4, 0.5) is 0 Å². The molecule has 16 heteroatoms. The van der Waals surface area contributed by atoms with E-state index in [0.29, 0.717) is 24.3 Å². The molecule has 10 N–H and O–H groups in total. The highest BCUT2D eigenvalue weighted by atomic mass is 16.4. The molecule has 0 rings (SSSR count). The fourth-order valence-electron chi connectivity index (χ4n) is 0.585. The lowest BCUT2D eigenvalue weighted by Gasteiger charge is -2.23. The molecule has 0 aromatic rings. The first-order valence-corrected chi connectivity index (χ1v) is 8.46. The van der Waals surface area contributed by atoms with Crippen molar-refractivity contribution >= 4 is 35.8 Å². The first kappa shape index (κ1) is 40.9. The van der Waals surface area contributed by atoms with E-state index in [1.807, 2.05) is 0 Å². The van der Waals surface area contributed by atoms with Crippen molar-refractivity contribution in [1.29, 1.82) is 0 Å². The molecule has 0 atom stereocenters. The molecule has 0 aromatic heterocycles. The van der Waals surface area contributed by atoms with E-state index in [-0.39, 0.29) is 0 Å². The van der Waals surface area contributed by atoms with Crippen molar-refractivity contribution in [3.8, 4) is 0 Å². The maximum atomic E-state index is 9.55. The summed E-state index contributed by atoms with van der Waals surface area (Å²) in [6.45, 7) is 4.30. The molecular formula is C19H28O16. The molecular weight excluding hydrogens is 484 g/mol. The highest BCUT2D eigenvalue weighted by Crippen LogP contribution is 2.11. The van der Waals surface area contributed by atoms with Crippen LogP contribution in [0.1, 0.15) is 0 Å². The SMILES string of the molecule is C=CC(=O)O.C=CC(=O)O.O=C(O)/C=C/C(=O)O.O=C(O)/C=C\C(=O)O.OCC(CO)(CO)CO. The van der Waals surface area contributed by atoms with Gasteiger partial charge in [-0.2, -0.15) is 0 Å². The zero-order valence-corrected chi connectivity index (χ0v) is 18.1. The van der Waals surface area contributed by atoms with E-state index >= 15 is 0 Å². The lowest BCUT2D eigenvalue weighted by atomic mass is 9.93. The van der Waals surface area contributed by atoms with Gasteiger partial charge in [-0.25, -0.2) is 28.8 Å². The van der Waals surface area contributed by atoms with Gasteiger partial charge in [0, 0.05) is 36.5 Å². The summed E-state index contributed by atoms with van der Waals surface area (Å²) in [6.07, 6.45) is 3.90. The van der Waals surface area contributed by atoms with E-state index in [1.165, 1.54) is 0 Å². The summed E-state index contributed by atoms with van der Waals surface area (Å²) >= 11 is 0. The minimum absolute atomic E-state index is 0.406. The van der Waals surface area contributed by atoms with E-state index in [4.69, 9.17) is 51.1 Å². The molecule has 0 aliphatic heterocycles. The van der Waals surface area contributed by atoms with Crippen LogP contribution >= 0.6 is 0 Å². The number of rotatable bonds is 10. The lowest BCUT2D eigenvalue weighted by molar-refractivity contribution is -0.134. The van der Waals surface area contributed by atoms with Gasteiger partial charge >= 0.3 is 35.8 Å². The molecule has 0 amide bonds. The molecule has 0 heterocycles. The summed E-state index contributed by atoms with van der Waals surface area (Å²) in [5.74, 6) is -6.99. The number of carboxylic acid groups (broad SMARTS) is 6. The Balaban J connectivity index is -0.000000109. The Morgan fingerprint density at radius 1 is 0.457 bits per heavy atom. The number of aliphatic carboxylic acids is 6. The lowest BCUT2D eigenvalue weighted by Crippen LogP contribution is -2.37. The largest absolute Gasteiger partial charge is 0.478 e. The summed E-state index contributed by atoms with van der Waals surface area (Å²) in [5, 5.41) is 80.4. The van der Waals surface area contributed by atoms with Gasteiger partial charge in [0.05, 0.1) is 31.8 Å². The highest BCUT2D eigenvalue weighted by Gasteiger charge is 2.26. The second-order valence-corrected chi connectivity index (χ2v) is 5.24. The van der Waals surface area contributed by atoms with Crippen molar-refractivity contribution in [2.75, 3.05) is 26.4 Å². The molecule has 0 fully saturated rings. The van der Waals surface area contributed by atoms with Crippen molar-refractivity contribution in [3.63, 3.8) is 0 Å². The van der Waals surface area contributed by atoms with Crippen LogP contribution in [0.25, 0.3) is 0 Å². The molecule has 0 aliphatic rings. The van der Waals surface area contributed by atoms with Gasteiger partial charge in [-0.15, -0.1) is 0 Å². The van der Waals surface area contributed by atoms with Crippen LogP contribution in [0, 0.1) is 5.41 Å². The van der Waals surface area contributed by atoms with Crippen molar-refractivity contribution in [1.82, 2.24) is 0 Å². The summed E-state index contributed by atoms with van der Waals surface area (Å²) in [7, 11) is 0.